The molecular weight excluding hydrogens is 271 g/mol. The van der Waals surface area contributed by atoms with Gasteiger partial charge in [-0.15, -0.1) is 0 Å². The summed E-state index contributed by atoms with van der Waals surface area (Å²) in [6.07, 6.45) is 9.62. The Morgan fingerprint density at radius 2 is 2.10 bits per heavy atom. The smallest absolute Gasteiger partial charge is 0.149 e. The van der Waals surface area contributed by atoms with Gasteiger partial charge in [-0.1, -0.05) is 56.5 Å². The quantitative estimate of drug-likeness (QED) is 0.550. The van der Waals surface area contributed by atoms with Gasteiger partial charge in [0.2, 0.25) is 0 Å². The van der Waals surface area contributed by atoms with Crippen molar-refractivity contribution in [2.75, 3.05) is 0 Å². The van der Waals surface area contributed by atoms with E-state index in [1.165, 1.54) is 12.8 Å². The molecule has 0 nitrogen and oxygen atoms in total. The predicted molar refractivity (Wildman–Crippen MR) is 85.6 cm³/mol. The van der Waals surface area contributed by atoms with Gasteiger partial charge in [0.25, 0.3) is 0 Å². The molecule has 0 fully saturated rings. The first kappa shape index (κ1) is 15.6. The number of aryl methyl sites for hydroxylation is 1. The maximum atomic E-state index is 14.5. The molecule has 2 heteroatoms. The first-order chi connectivity index (χ1) is 9.63. The van der Waals surface area contributed by atoms with Gasteiger partial charge in [0, 0.05) is 5.56 Å². The fourth-order valence-corrected chi connectivity index (χ4v) is 3.07. The van der Waals surface area contributed by atoms with Gasteiger partial charge in [-0.3, -0.25) is 0 Å². The molecule has 1 aliphatic carbocycles. The van der Waals surface area contributed by atoms with Gasteiger partial charge in [0.15, 0.2) is 0 Å². The molecule has 1 unspecified atom stereocenters. The van der Waals surface area contributed by atoms with E-state index in [4.69, 9.17) is 11.6 Å². The van der Waals surface area contributed by atoms with Gasteiger partial charge in [-0.25, -0.2) is 4.39 Å². The Hall–Kier alpha value is -0.820. The van der Waals surface area contributed by atoms with Crippen molar-refractivity contribution in [1.82, 2.24) is 0 Å². The highest BCUT2D eigenvalue weighted by molar-refractivity contribution is 6.31. The summed E-state index contributed by atoms with van der Waals surface area (Å²) in [6, 6.07) is 3.93. The van der Waals surface area contributed by atoms with Gasteiger partial charge in [-0.2, -0.15) is 0 Å². The summed E-state index contributed by atoms with van der Waals surface area (Å²) in [5, 5.41) is 0.332. The highest BCUT2D eigenvalue weighted by Gasteiger charge is 2.17. The molecule has 0 spiro atoms. The van der Waals surface area contributed by atoms with Crippen LogP contribution in [0.15, 0.2) is 18.2 Å². The molecule has 0 heterocycles. The van der Waals surface area contributed by atoms with E-state index in [-0.39, 0.29) is 5.82 Å². The monoisotopic (exact) mass is 294 g/mol. The van der Waals surface area contributed by atoms with Gasteiger partial charge >= 0.3 is 0 Å². The maximum absolute atomic E-state index is 14.5. The lowest BCUT2D eigenvalue weighted by molar-refractivity contribution is 0.531. The zero-order chi connectivity index (χ0) is 14.5. The third-order valence-electron chi connectivity index (χ3n) is 4.23. The average molecular weight is 295 g/mol. The molecular formula is C18H24ClF. The van der Waals surface area contributed by atoms with Crippen molar-refractivity contribution in [2.24, 2.45) is 5.92 Å². The zero-order valence-electron chi connectivity index (χ0n) is 12.5. The molecule has 0 bridgehead atoms. The van der Waals surface area contributed by atoms with Crippen molar-refractivity contribution in [2.45, 2.75) is 58.8 Å². The van der Waals surface area contributed by atoms with E-state index < -0.39 is 0 Å². The molecule has 1 aliphatic rings. The number of rotatable bonds is 5. The molecule has 0 saturated heterocycles. The van der Waals surface area contributed by atoms with E-state index in [2.05, 4.69) is 19.9 Å². The molecule has 1 aromatic rings. The van der Waals surface area contributed by atoms with Crippen LogP contribution in [0.25, 0.3) is 5.57 Å². The van der Waals surface area contributed by atoms with Gasteiger partial charge in [0.05, 0.1) is 5.02 Å². The Balaban J connectivity index is 2.18. The summed E-state index contributed by atoms with van der Waals surface area (Å²) in [5.41, 5.74) is 2.79. The van der Waals surface area contributed by atoms with Crippen molar-refractivity contribution >= 4 is 17.2 Å². The summed E-state index contributed by atoms with van der Waals surface area (Å²) in [7, 11) is 0. The maximum Gasteiger partial charge on any atom is 0.149 e. The standard InChI is InChI=1S/C18H24ClF/c1-3-4-5-6-15-11-12-16(18(20)17(15)19)14-9-7-13(2)8-10-14/h9,11-13H,3-8,10H2,1-2H3. The fourth-order valence-electron chi connectivity index (χ4n) is 2.81. The van der Waals surface area contributed by atoms with Crippen LogP contribution in [0.5, 0.6) is 0 Å². The Kier molecular flexibility index (Phi) is 5.65. The first-order valence-corrected chi connectivity index (χ1v) is 8.17. The van der Waals surface area contributed by atoms with E-state index in [0.717, 1.165) is 43.2 Å². The number of hydrogen-bond donors (Lipinski definition) is 0. The molecule has 0 saturated carbocycles. The van der Waals surface area contributed by atoms with Crippen molar-refractivity contribution in [1.29, 1.82) is 0 Å². The van der Waals surface area contributed by atoms with Crippen LogP contribution in [-0.4, -0.2) is 0 Å². The van der Waals surface area contributed by atoms with Gasteiger partial charge < -0.3 is 0 Å². The predicted octanol–water partition coefficient (Wildman–Crippen LogP) is 6.42. The van der Waals surface area contributed by atoms with Gasteiger partial charge in [0.1, 0.15) is 5.82 Å². The van der Waals surface area contributed by atoms with E-state index in [0.29, 0.717) is 16.5 Å². The Labute approximate surface area is 127 Å². The number of allylic oxidation sites excluding steroid dienone is 2. The third kappa shape index (κ3) is 3.63. The Bertz CT molecular complexity index is 490. The average Bonchev–Trinajstić information content (AvgIpc) is 2.45. The largest absolute Gasteiger partial charge is 0.205 e. The van der Waals surface area contributed by atoms with Crippen molar-refractivity contribution < 1.29 is 4.39 Å². The van der Waals surface area contributed by atoms with E-state index in [1.54, 1.807) is 0 Å². The van der Waals surface area contributed by atoms with Crippen LogP contribution in [0.3, 0.4) is 0 Å². The molecule has 0 N–H and O–H groups in total. The normalized spacial score (nSPS) is 19.0. The van der Waals surface area contributed by atoms with Gasteiger partial charge in [-0.05, 0) is 49.2 Å². The minimum atomic E-state index is -0.221. The van der Waals surface area contributed by atoms with E-state index >= 15 is 0 Å². The van der Waals surface area contributed by atoms with Crippen LogP contribution in [0.4, 0.5) is 4.39 Å². The van der Waals surface area contributed by atoms with Crippen LogP contribution < -0.4 is 0 Å². The van der Waals surface area contributed by atoms with Crippen LogP contribution >= 0.6 is 11.6 Å². The second-order valence-corrected chi connectivity index (χ2v) is 6.34. The number of hydrogen-bond acceptors (Lipinski definition) is 0. The molecule has 1 aromatic carbocycles. The summed E-state index contributed by atoms with van der Waals surface area (Å²) >= 11 is 6.22. The van der Waals surface area contributed by atoms with Crippen molar-refractivity contribution in [3.8, 4) is 0 Å². The summed E-state index contributed by atoms with van der Waals surface area (Å²) in [6.45, 7) is 4.41. The minimum absolute atomic E-state index is 0.221. The minimum Gasteiger partial charge on any atom is -0.205 e. The molecule has 20 heavy (non-hydrogen) atoms. The zero-order valence-corrected chi connectivity index (χ0v) is 13.3. The topological polar surface area (TPSA) is 0 Å². The van der Waals surface area contributed by atoms with E-state index in [1.807, 2.05) is 12.1 Å². The summed E-state index contributed by atoms with van der Waals surface area (Å²) < 4.78 is 14.5. The van der Waals surface area contributed by atoms with E-state index in [9.17, 15) is 4.39 Å². The molecule has 0 aromatic heterocycles. The second-order valence-electron chi connectivity index (χ2n) is 5.97. The Morgan fingerprint density at radius 3 is 2.75 bits per heavy atom. The molecule has 1 atom stereocenters. The summed E-state index contributed by atoms with van der Waals surface area (Å²) in [5.74, 6) is 0.493. The lowest BCUT2D eigenvalue weighted by atomic mass is 9.87. The van der Waals surface area contributed by atoms with Crippen LogP contribution in [0.2, 0.25) is 5.02 Å². The number of unbranched alkanes of at least 4 members (excludes halogenated alkanes) is 2. The summed E-state index contributed by atoms with van der Waals surface area (Å²) in [4.78, 5) is 0. The highest BCUT2D eigenvalue weighted by atomic mass is 35.5. The molecule has 0 aliphatic heterocycles. The number of benzene rings is 1. The first-order valence-electron chi connectivity index (χ1n) is 7.79. The van der Waals surface area contributed by atoms with Crippen LogP contribution in [0, 0.1) is 11.7 Å². The molecule has 110 valence electrons. The number of halogens is 2. The van der Waals surface area contributed by atoms with Crippen LogP contribution in [-0.2, 0) is 6.42 Å². The Morgan fingerprint density at radius 1 is 1.30 bits per heavy atom. The molecule has 0 amide bonds. The third-order valence-corrected chi connectivity index (χ3v) is 4.64. The molecule has 0 radical (unpaired) electrons. The van der Waals surface area contributed by atoms with Crippen molar-refractivity contribution in [3.05, 3.63) is 40.2 Å². The molecule has 2 rings (SSSR count). The second kappa shape index (κ2) is 7.26. The van der Waals surface area contributed by atoms with Crippen LogP contribution in [0.1, 0.15) is 63.5 Å². The lowest BCUT2D eigenvalue weighted by Gasteiger charge is -2.19. The fraction of sp³-hybridized carbons (Fsp3) is 0.556. The lowest BCUT2D eigenvalue weighted by Crippen LogP contribution is -2.03. The SMILES string of the molecule is CCCCCc1ccc(C2=CCC(C)CC2)c(F)c1Cl. The van der Waals surface area contributed by atoms with Crippen molar-refractivity contribution in [3.63, 3.8) is 0 Å². The highest BCUT2D eigenvalue weighted by Crippen LogP contribution is 2.34.